The largest absolute Gasteiger partial charge is 0.497 e. The van der Waals surface area contributed by atoms with Crippen LogP contribution < -0.4 is 14.8 Å². The van der Waals surface area contributed by atoms with Crippen LogP contribution in [0.4, 0.5) is 5.69 Å². The summed E-state index contributed by atoms with van der Waals surface area (Å²) < 4.78 is 11.6. The minimum atomic E-state index is -0.203. The lowest BCUT2D eigenvalue weighted by Gasteiger charge is -2.07. The Balaban J connectivity index is 2.10. The fraction of sp³-hybridized carbons (Fsp3) is 0.118. The van der Waals surface area contributed by atoms with E-state index in [0.717, 1.165) is 14.8 Å². The molecule has 0 fully saturated rings. The monoisotopic (exact) mass is 409 g/mol. The maximum absolute atomic E-state index is 12.0. The zero-order chi connectivity index (χ0) is 15.9. The molecule has 0 radical (unpaired) electrons. The van der Waals surface area contributed by atoms with Crippen LogP contribution in [0, 0.1) is 3.57 Å². The van der Waals surface area contributed by atoms with Crippen LogP contribution in [0.5, 0.6) is 11.5 Å². The summed E-state index contributed by atoms with van der Waals surface area (Å²) in [5.41, 5.74) is 1.53. The van der Waals surface area contributed by atoms with Gasteiger partial charge in [-0.05, 0) is 71.1 Å². The Bertz CT molecular complexity index is 681. The number of nitrogens with one attached hydrogen (secondary N) is 1. The molecule has 0 saturated carbocycles. The maximum atomic E-state index is 12.0. The second kappa shape index (κ2) is 7.84. The van der Waals surface area contributed by atoms with Crippen LogP contribution in [-0.4, -0.2) is 20.1 Å². The van der Waals surface area contributed by atoms with Crippen LogP contribution in [-0.2, 0) is 4.79 Å². The number of hydrogen-bond donors (Lipinski definition) is 1. The SMILES string of the molecule is COc1ccc(OC)c(/C=C/C(=O)Nc2ccc(I)cc2)c1. The first-order valence-corrected chi connectivity index (χ1v) is 7.67. The lowest BCUT2D eigenvalue weighted by molar-refractivity contribution is -0.111. The van der Waals surface area contributed by atoms with Crippen LogP contribution in [0.25, 0.3) is 6.08 Å². The molecule has 0 unspecified atom stereocenters. The zero-order valence-corrected chi connectivity index (χ0v) is 14.5. The summed E-state index contributed by atoms with van der Waals surface area (Å²) in [4.78, 5) is 12.0. The van der Waals surface area contributed by atoms with Gasteiger partial charge in [0.05, 0.1) is 14.2 Å². The molecule has 0 heterocycles. The van der Waals surface area contributed by atoms with Crippen LogP contribution >= 0.6 is 22.6 Å². The Morgan fingerprint density at radius 1 is 1.09 bits per heavy atom. The van der Waals surface area contributed by atoms with E-state index in [1.807, 2.05) is 36.4 Å². The Hall–Kier alpha value is -2.02. The van der Waals surface area contributed by atoms with Crippen molar-refractivity contribution in [1.29, 1.82) is 0 Å². The van der Waals surface area contributed by atoms with Crippen LogP contribution in [0.3, 0.4) is 0 Å². The van der Waals surface area contributed by atoms with Gasteiger partial charge in [0.1, 0.15) is 11.5 Å². The van der Waals surface area contributed by atoms with Gasteiger partial charge in [0.2, 0.25) is 5.91 Å². The highest BCUT2D eigenvalue weighted by Gasteiger charge is 2.03. The fourth-order valence-corrected chi connectivity index (χ4v) is 2.21. The molecular formula is C17H16INO3. The fourth-order valence-electron chi connectivity index (χ4n) is 1.85. The number of benzene rings is 2. The molecule has 22 heavy (non-hydrogen) atoms. The maximum Gasteiger partial charge on any atom is 0.248 e. The van der Waals surface area contributed by atoms with Gasteiger partial charge in [-0.2, -0.15) is 0 Å². The van der Waals surface area contributed by atoms with Gasteiger partial charge >= 0.3 is 0 Å². The number of hydrogen-bond acceptors (Lipinski definition) is 3. The average Bonchev–Trinajstić information content (AvgIpc) is 2.54. The van der Waals surface area contributed by atoms with Crippen LogP contribution in [0.2, 0.25) is 0 Å². The normalized spacial score (nSPS) is 10.5. The number of carbonyl (C=O) groups is 1. The van der Waals surface area contributed by atoms with Crippen molar-refractivity contribution < 1.29 is 14.3 Å². The van der Waals surface area contributed by atoms with Crippen molar-refractivity contribution in [3.63, 3.8) is 0 Å². The minimum absolute atomic E-state index is 0.203. The number of halogens is 1. The molecule has 0 aliphatic carbocycles. The van der Waals surface area contributed by atoms with Gasteiger partial charge in [-0.1, -0.05) is 0 Å². The van der Waals surface area contributed by atoms with E-state index in [-0.39, 0.29) is 5.91 Å². The minimum Gasteiger partial charge on any atom is -0.497 e. The first-order chi connectivity index (χ1) is 10.6. The smallest absolute Gasteiger partial charge is 0.248 e. The third-order valence-electron chi connectivity index (χ3n) is 2.96. The topological polar surface area (TPSA) is 47.6 Å². The van der Waals surface area contributed by atoms with E-state index in [1.165, 1.54) is 6.08 Å². The Morgan fingerprint density at radius 3 is 2.45 bits per heavy atom. The molecule has 0 atom stereocenters. The number of methoxy groups -OCH3 is 2. The van der Waals surface area contributed by atoms with E-state index in [4.69, 9.17) is 9.47 Å². The van der Waals surface area contributed by atoms with E-state index < -0.39 is 0 Å². The Kier molecular flexibility index (Phi) is 5.83. The molecule has 2 aromatic carbocycles. The molecule has 0 aliphatic rings. The van der Waals surface area contributed by atoms with Gasteiger partial charge in [-0.3, -0.25) is 4.79 Å². The predicted molar refractivity (Wildman–Crippen MR) is 96.4 cm³/mol. The van der Waals surface area contributed by atoms with E-state index in [0.29, 0.717) is 11.5 Å². The highest BCUT2D eigenvalue weighted by molar-refractivity contribution is 14.1. The average molecular weight is 409 g/mol. The molecule has 1 N–H and O–H groups in total. The first-order valence-electron chi connectivity index (χ1n) is 6.59. The lowest BCUT2D eigenvalue weighted by atomic mass is 10.1. The molecular weight excluding hydrogens is 393 g/mol. The van der Waals surface area contributed by atoms with Gasteiger partial charge < -0.3 is 14.8 Å². The highest BCUT2D eigenvalue weighted by atomic mass is 127. The third-order valence-corrected chi connectivity index (χ3v) is 3.68. The van der Waals surface area contributed by atoms with Crippen LogP contribution in [0.15, 0.2) is 48.5 Å². The molecule has 4 nitrogen and oxygen atoms in total. The molecule has 1 amide bonds. The second-order valence-corrected chi connectivity index (χ2v) is 5.68. The van der Waals surface area contributed by atoms with Gasteiger partial charge in [-0.15, -0.1) is 0 Å². The molecule has 0 saturated heterocycles. The molecule has 0 spiro atoms. The van der Waals surface area contributed by atoms with E-state index in [1.54, 1.807) is 26.4 Å². The molecule has 5 heteroatoms. The summed E-state index contributed by atoms with van der Waals surface area (Å²) in [6.45, 7) is 0. The van der Waals surface area contributed by atoms with Gasteiger partial charge in [0, 0.05) is 20.9 Å². The number of amides is 1. The van der Waals surface area contributed by atoms with Crippen molar-refractivity contribution in [3.8, 4) is 11.5 Å². The molecule has 114 valence electrons. The summed E-state index contributed by atoms with van der Waals surface area (Å²) in [5.74, 6) is 1.18. The third kappa shape index (κ3) is 4.49. The number of carbonyl (C=O) groups excluding carboxylic acids is 1. The summed E-state index contributed by atoms with van der Waals surface area (Å²) in [7, 11) is 3.18. The van der Waals surface area contributed by atoms with Gasteiger partial charge in [0.15, 0.2) is 0 Å². The molecule has 2 aromatic rings. The summed E-state index contributed by atoms with van der Waals surface area (Å²) in [6.07, 6.45) is 3.17. The van der Waals surface area contributed by atoms with Crippen LogP contribution in [0.1, 0.15) is 5.56 Å². The lowest BCUT2D eigenvalue weighted by Crippen LogP contribution is -2.07. The number of rotatable bonds is 5. The quantitative estimate of drug-likeness (QED) is 0.601. The number of ether oxygens (including phenoxy) is 2. The van der Waals surface area contributed by atoms with Crippen molar-refractivity contribution in [1.82, 2.24) is 0 Å². The molecule has 2 rings (SSSR count). The van der Waals surface area contributed by atoms with Crippen molar-refractivity contribution in [2.45, 2.75) is 0 Å². The van der Waals surface area contributed by atoms with E-state index in [2.05, 4.69) is 27.9 Å². The molecule has 0 bridgehead atoms. The van der Waals surface area contributed by atoms with Crippen molar-refractivity contribution in [3.05, 3.63) is 57.7 Å². The standard InChI is InChI=1S/C17H16INO3/c1-21-15-8-9-16(22-2)12(11-15)3-10-17(20)19-14-6-4-13(18)5-7-14/h3-11H,1-2H3,(H,19,20)/b10-3+. The molecule has 0 aliphatic heterocycles. The van der Waals surface area contributed by atoms with Gasteiger partial charge in [-0.25, -0.2) is 0 Å². The van der Waals surface area contributed by atoms with Crippen molar-refractivity contribution in [2.75, 3.05) is 19.5 Å². The second-order valence-electron chi connectivity index (χ2n) is 4.44. The molecule has 0 aromatic heterocycles. The summed E-state index contributed by atoms with van der Waals surface area (Å²) >= 11 is 2.22. The highest BCUT2D eigenvalue weighted by Crippen LogP contribution is 2.25. The van der Waals surface area contributed by atoms with Gasteiger partial charge in [0.25, 0.3) is 0 Å². The van der Waals surface area contributed by atoms with Crippen molar-refractivity contribution >= 4 is 40.3 Å². The predicted octanol–water partition coefficient (Wildman–Crippen LogP) is 3.96. The van der Waals surface area contributed by atoms with E-state index in [9.17, 15) is 4.79 Å². The zero-order valence-electron chi connectivity index (χ0n) is 12.3. The van der Waals surface area contributed by atoms with E-state index >= 15 is 0 Å². The van der Waals surface area contributed by atoms with Crippen molar-refractivity contribution in [2.24, 2.45) is 0 Å². The summed E-state index contributed by atoms with van der Waals surface area (Å²) in [5, 5.41) is 2.80. The number of anilines is 1. The first kappa shape index (κ1) is 16.4. The summed E-state index contributed by atoms with van der Waals surface area (Å²) in [6, 6.07) is 13.0. The Morgan fingerprint density at radius 2 is 1.82 bits per heavy atom. The Labute approximate surface area is 143 Å².